The molecule has 2 heterocycles. The fourth-order valence-electron chi connectivity index (χ4n) is 2.70. The van der Waals surface area contributed by atoms with Gasteiger partial charge in [0.05, 0.1) is 4.53 Å². The van der Waals surface area contributed by atoms with E-state index in [1.807, 2.05) is 23.1 Å². The van der Waals surface area contributed by atoms with Crippen molar-refractivity contribution in [1.82, 2.24) is 4.57 Å². The van der Waals surface area contributed by atoms with Crippen LogP contribution in [0.4, 0.5) is 10.1 Å². The van der Waals surface area contributed by atoms with E-state index >= 15 is 0 Å². The lowest BCUT2D eigenvalue weighted by molar-refractivity contribution is 0.565. The van der Waals surface area contributed by atoms with Gasteiger partial charge in [0, 0.05) is 10.7 Å². The topological polar surface area (TPSA) is 37.6 Å². The number of fused-ring (bicyclic) bond motifs is 1. The third kappa shape index (κ3) is 3.23. The van der Waals surface area contributed by atoms with Crippen molar-refractivity contribution >= 4 is 34.7 Å². The summed E-state index contributed by atoms with van der Waals surface area (Å²) in [5, 5.41) is 0.622. The summed E-state index contributed by atoms with van der Waals surface area (Å²) >= 11 is 7.34. The molecular formula is C18H13ClFN3OS. The molecule has 4 nitrogen and oxygen atoms in total. The highest BCUT2D eigenvalue weighted by atomic mass is 35.5. The smallest absolute Gasteiger partial charge is 0.271 e. The lowest BCUT2D eigenvalue weighted by Crippen LogP contribution is -2.42. The number of benzene rings is 2. The van der Waals surface area contributed by atoms with Gasteiger partial charge in [-0.25, -0.2) is 9.38 Å². The molecule has 0 spiro atoms. The van der Waals surface area contributed by atoms with E-state index in [1.54, 1.807) is 28.8 Å². The first-order chi connectivity index (χ1) is 12.1. The van der Waals surface area contributed by atoms with Crippen molar-refractivity contribution in [3.05, 3.63) is 84.6 Å². The normalized spacial score (nSPS) is 14.3. The van der Waals surface area contributed by atoms with Crippen LogP contribution >= 0.6 is 22.9 Å². The largest absolute Gasteiger partial charge is 0.333 e. The summed E-state index contributed by atoms with van der Waals surface area (Å²) in [6.45, 7) is 0.737. The molecule has 0 radical (unpaired) electrons. The van der Waals surface area contributed by atoms with E-state index in [1.165, 1.54) is 23.5 Å². The highest BCUT2D eigenvalue weighted by Crippen LogP contribution is 2.17. The first kappa shape index (κ1) is 16.1. The summed E-state index contributed by atoms with van der Waals surface area (Å²) in [5.74, 6) is -0.309. The van der Waals surface area contributed by atoms with Crippen LogP contribution in [0.1, 0.15) is 5.56 Å². The highest BCUT2D eigenvalue weighted by Gasteiger charge is 2.16. The predicted octanol–water partition coefficient (Wildman–Crippen LogP) is 2.59. The quantitative estimate of drug-likeness (QED) is 0.692. The number of nitrogens with zero attached hydrogens (tertiary/aromatic N) is 3. The Hall–Kier alpha value is -2.44. The maximum Gasteiger partial charge on any atom is 0.271 e. The maximum absolute atomic E-state index is 13.4. The number of halogens is 2. The van der Waals surface area contributed by atoms with Crippen molar-refractivity contribution in [2.45, 2.75) is 6.67 Å². The van der Waals surface area contributed by atoms with Gasteiger partial charge in [-0.05, 0) is 42.0 Å². The molecule has 0 bridgehead atoms. The van der Waals surface area contributed by atoms with Gasteiger partial charge < -0.3 is 4.90 Å². The van der Waals surface area contributed by atoms with E-state index in [-0.39, 0.29) is 11.4 Å². The van der Waals surface area contributed by atoms with Crippen molar-refractivity contribution in [3.8, 4) is 0 Å². The Labute approximate surface area is 151 Å². The van der Waals surface area contributed by atoms with Crippen LogP contribution in [0, 0.1) is 5.82 Å². The maximum atomic E-state index is 13.4. The number of hydrogen-bond acceptors (Lipinski definition) is 4. The zero-order valence-electron chi connectivity index (χ0n) is 13.0. The summed E-state index contributed by atoms with van der Waals surface area (Å²) in [4.78, 5) is 19.7. The Bertz CT molecular complexity index is 1120. The van der Waals surface area contributed by atoms with E-state index in [0.717, 1.165) is 5.56 Å². The first-order valence-corrected chi connectivity index (χ1v) is 8.81. The minimum atomic E-state index is -0.309. The minimum absolute atomic E-state index is 0.107. The molecule has 0 fully saturated rings. The summed E-state index contributed by atoms with van der Waals surface area (Å²) < 4.78 is 15.6. The third-order valence-corrected chi connectivity index (χ3v) is 5.18. The van der Waals surface area contributed by atoms with Gasteiger partial charge in [-0.3, -0.25) is 9.36 Å². The molecule has 0 aliphatic carbocycles. The summed E-state index contributed by atoms with van der Waals surface area (Å²) in [6, 6.07) is 13.6. The van der Waals surface area contributed by atoms with Crippen LogP contribution in [0.3, 0.4) is 0 Å². The van der Waals surface area contributed by atoms with Crippen molar-refractivity contribution in [2.75, 3.05) is 11.6 Å². The van der Waals surface area contributed by atoms with Crippen LogP contribution in [-0.4, -0.2) is 11.2 Å². The van der Waals surface area contributed by atoms with Crippen LogP contribution in [-0.2, 0) is 6.67 Å². The number of thiazole rings is 1. The molecule has 7 heteroatoms. The van der Waals surface area contributed by atoms with Gasteiger partial charge >= 0.3 is 0 Å². The number of hydrogen-bond donors (Lipinski definition) is 0. The van der Waals surface area contributed by atoms with E-state index in [2.05, 4.69) is 4.99 Å². The third-order valence-electron chi connectivity index (χ3n) is 3.90. The predicted molar refractivity (Wildman–Crippen MR) is 98.1 cm³/mol. The van der Waals surface area contributed by atoms with E-state index in [0.29, 0.717) is 33.4 Å². The minimum Gasteiger partial charge on any atom is -0.333 e. The second kappa shape index (κ2) is 6.46. The van der Waals surface area contributed by atoms with Crippen molar-refractivity contribution in [1.29, 1.82) is 0 Å². The Balaban J connectivity index is 1.73. The average Bonchev–Trinajstić information content (AvgIpc) is 2.90. The summed E-state index contributed by atoms with van der Waals surface area (Å²) in [5.41, 5.74) is 1.46. The van der Waals surface area contributed by atoms with Gasteiger partial charge in [0.15, 0.2) is 4.80 Å². The standard InChI is InChI=1S/C18H13ClFN3OS/c19-13-4-1-3-12(7-13)8-16-17(24)23-11-22(10-21-18(23)25-16)15-6-2-5-14(20)9-15/h1-9H,10-11H2/b16-8+. The Morgan fingerprint density at radius 3 is 2.84 bits per heavy atom. The SMILES string of the molecule is O=c1/c(=C\c2cccc(Cl)c2)sc2n1CN(c1cccc(F)c1)CN=2. The molecule has 0 atom stereocenters. The van der Waals surface area contributed by atoms with Crippen LogP contribution < -0.4 is 19.8 Å². The molecule has 0 saturated heterocycles. The Kier molecular flexibility index (Phi) is 4.15. The molecule has 0 unspecified atom stereocenters. The molecule has 0 N–H and O–H groups in total. The molecule has 2 aromatic carbocycles. The molecule has 126 valence electrons. The lowest BCUT2D eigenvalue weighted by Gasteiger charge is -2.25. The van der Waals surface area contributed by atoms with Gasteiger partial charge in [-0.2, -0.15) is 0 Å². The second-order valence-electron chi connectivity index (χ2n) is 5.64. The van der Waals surface area contributed by atoms with Gasteiger partial charge in [0.25, 0.3) is 5.56 Å². The molecule has 0 saturated carbocycles. The van der Waals surface area contributed by atoms with Crippen LogP contribution in [0.5, 0.6) is 0 Å². The van der Waals surface area contributed by atoms with Gasteiger partial charge in [-0.1, -0.05) is 41.1 Å². The van der Waals surface area contributed by atoms with E-state index in [9.17, 15) is 9.18 Å². The molecule has 1 aliphatic heterocycles. The van der Waals surface area contributed by atoms with Crippen molar-refractivity contribution in [3.63, 3.8) is 0 Å². The zero-order chi connectivity index (χ0) is 17.4. The fraction of sp³-hybridized carbons (Fsp3) is 0.111. The fourth-order valence-corrected chi connectivity index (χ4v) is 3.86. The first-order valence-electron chi connectivity index (χ1n) is 7.62. The summed E-state index contributed by atoms with van der Waals surface area (Å²) in [6.07, 6.45) is 1.81. The highest BCUT2D eigenvalue weighted by molar-refractivity contribution is 7.07. The molecule has 4 rings (SSSR count). The molecule has 3 aromatic rings. The molecule has 1 aromatic heterocycles. The number of rotatable bonds is 2. The molecule has 1 aliphatic rings. The lowest BCUT2D eigenvalue weighted by atomic mass is 10.2. The number of aromatic nitrogens is 1. The summed E-state index contributed by atoms with van der Waals surface area (Å²) in [7, 11) is 0. The second-order valence-corrected chi connectivity index (χ2v) is 7.09. The van der Waals surface area contributed by atoms with E-state index < -0.39 is 0 Å². The molecule has 0 amide bonds. The van der Waals surface area contributed by atoms with Gasteiger partial charge in [-0.15, -0.1) is 0 Å². The zero-order valence-corrected chi connectivity index (χ0v) is 14.6. The Morgan fingerprint density at radius 1 is 1.20 bits per heavy atom. The average molecular weight is 374 g/mol. The van der Waals surface area contributed by atoms with Crippen LogP contribution in [0.2, 0.25) is 5.02 Å². The van der Waals surface area contributed by atoms with E-state index in [4.69, 9.17) is 11.6 Å². The van der Waals surface area contributed by atoms with Gasteiger partial charge in [0.2, 0.25) is 0 Å². The van der Waals surface area contributed by atoms with Gasteiger partial charge in [0.1, 0.15) is 19.2 Å². The number of anilines is 1. The molecule has 25 heavy (non-hydrogen) atoms. The van der Waals surface area contributed by atoms with Crippen LogP contribution in [0.25, 0.3) is 6.08 Å². The van der Waals surface area contributed by atoms with Crippen molar-refractivity contribution in [2.24, 2.45) is 4.99 Å². The Morgan fingerprint density at radius 2 is 2.04 bits per heavy atom. The van der Waals surface area contributed by atoms with Crippen LogP contribution in [0.15, 0.2) is 58.3 Å². The van der Waals surface area contributed by atoms with Crippen molar-refractivity contribution < 1.29 is 4.39 Å². The monoisotopic (exact) mass is 373 g/mol. The molecular weight excluding hydrogens is 361 g/mol.